The van der Waals surface area contributed by atoms with E-state index in [1.165, 1.54) is 0 Å². The van der Waals surface area contributed by atoms with Crippen molar-refractivity contribution in [2.75, 3.05) is 0 Å². The minimum atomic E-state index is -0.915. The molecule has 0 saturated carbocycles. The number of aromatic carboxylic acids is 1. The first kappa shape index (κ1) is 10.5. The minimum absolute atomic E-state index is 0.134. The Balaban J connectivity index is 3.14. The maximum atomic E-state index is 10.9. The van der Waals surface area contributed by atoms with Crippen LogP contribution in [0.3, 0.4) is 0 Å². The maximum absolute atomic E-state index is 10.9. The lowest BCUT2D eigenvalue weighted by molar-refractivity contribution is 0.0679. The molecule has 0 fully saturated rings. The van der Waals surface area contributed by atoms with E-state index >= 15 is 0 Å². The fourth-order valence-corrected chi connectivity index (χ4v) is 1.65. The number of hydrogen-bond acceptors (Lipinski definition) is 2. The summed E-state index contributed by atoms with van der Waals surface area (Å²) in [5.74, 6) is -0.915. The molecule has 5 heteroatoms. The van der Waals surface area contributed by atoms with Crippen LogP contribution in [0.1, 0.15) is 36.8 Å². The highest BCUT2D eigenvalue weighted by Gasteiger charge is 2.18. The van der Waals surface area contributed by atoms with Crippen molar-refractivity contribution in [3.63, 3.8) is 0 Å². The van der Waals surface area contributed by atoms with E-state index in [9.17, 15) is 4.79 Å². The molecule has 1 unspecified atom stereocenters. The molecule has 1 aromatic rings. The molecule has 4 nitrogen and oxygen atoms in total. The van der Waals surface area contributed by atoms with Crippen LogP contribution in [0.5, 0.6) is 0 Å². The molecule has 0 aliphatic rings. The van der Waals surface area contributed by atoms with Crippen LogP contribution < -0.4 is 0 Å². The molecule has 13 heavy (non-hydrogen) atoms. The van der Waals surface area contributed by atoms with E-state index < -0.39 is 5.97 Å². The Bertz CT molecular complexity index is 322. The molecular weight excluding hydrogens is 283 g/mol. The highest BCUT2D eigenvalue weighted by Crippen LogP contribution is 2.17. The number of halogens is 1. The van der Waals surface area contributed by atoms with Crippen molar-refractivity contribution in [2.45, 2.75) is 26.3 Å². The van der Waals surface area contributed by atoms with Gasteiger partial charge in [-0.1, -0.05) is 6.92 Å². The van der Waals surface area contributed by atoms with Crippen molar-refractivity contribution in [3.05, 3.63) is 15.5 Å². The van der Waals surface area contributed by atoms with Gasteiger partial charge in [0.1, 0.15) is 0 Å². The summed E-state index contributed by atoms with van der Waals surface area (Å²) < 4.78 is 2.25. The third-order valence-electron chi connectivity index (χ3n) is 1.96. The molecule has 1 atom stereocenters. The summed E-state index contributed by atoms with van der Waals surface area (Å²) in [6.45, 7) is 3.96. The molecule has 0 radical (unpaired) electrons. The second-order valence-corrected chi connectivity index (χ2v) is 4.01. The van der Waals surface area contributed by atoms with Gasteiger partial charge in [0.05, 0.1) is 9.77 Å². The SMILES string of the molecule is CCC(C)n1ncc(I)c1C(=O)O. The van der Waals surface area contributed by atoms with Gasteiger partial charge in [0, 0.05) is 6.04 Å². The van der Waals surface area contributed by atoms with Crippen LogP contribution >= 0.6 is 22.6 Å². The number of carboxylic acids is 1. The second-order valence-electron chi connectivity index (χ2n) is 2.85. The Hall–Kier alpha value is -0.590. The minimum Gasteiger partial charge on any atom is -0.476 e. The summed E-state index contributed by atoms with van der Waals surface area (Å²) in [7, 11) is 0. The zero-order chi connectivity index (χ0) is 10.0. The van der Waals surface area contributed by atoms with Gasteiger partial charge in [-0.2, -0.15) is 5.10 Å². The highest BCUT2D eigenvalue weighted by atomic mass is 127. The Morgan fingerprint density at radius 1 is 1.85 bits per heavy atom. The average Bonchev–Trinajstić information content (AvgIpc) is 2.45. The van der Waals surface area contributed by atoms with Crippen molar-refractivity contribution in [1.82, 2.24) is 9.78 Å². The van der Waals surface area contributed by atoms with Crippen molar-refractivity contribution < 1.29 is 9.90 Å². The Morgan fingerprint density at radius 3 is 2.92 bits per heavy atom. The van der Waals surface area contributed by atoms with E-state index in [1.54, 1.807) is 10.9 Å². The van der Waals surface area contributed by atoms with Gasteiger partial charge in [-0.25, -0.2) is 4.79 Å². The van der Waals surface area contributed by atoms with E-state index in [2.05, 4.69) is 5.10 Å². The van der Waals surface area contributed by atoms with E-state index in [0.717, 1.165) is 6.42 Å². The van der Waals surface area contributed by atoms with E-state index in [0.29, 0.717) is 3.57 Å². The predicted molar refractivity (Wildman–Crippen MR) is 56.9 cm³/mol. The van der Waals surface area contributed by atoms with Crippen LogP contribution in [0, 0.1) is 3.57 Å². The van der Waals surface area contributed by atoms with Crippen molar-refractivity contribution in [2.24, 2.45) is 0 Å². The highest BCUT2D eigenvalue weighted by molar-refractivity contribution is 14.1. The zero-order valence-corrected chi connectivity index (χ0v) is 9.65. The third kappa shape index (κ3) is 2.01. The van der Waals surface area contributed by atoms with Crippen molar-refractivity contribution in [1.29, 1.82) is 0 Å². The quantitative estimate of drug-likeness (QED) is 0.869. The summed E-state index contributed by atoms with van der Waals surface area (Å²) in [6.07, 6.45) is 2.45. The molecule has 1 aromatic heterocycles. The van der Waals surface area contributed by atoms with Crippen molar-refractivity contribution in [3.8, 4) is 0 Å². The summed E-state index contributed by atoms with van der Waals surface area (Å²) in [4.78, 5) is 10.9. The molecule has 0 bridgehead atoms. The van der Waals surface area contributed by atoms with Gasteiger partial charge in [0.15, 0.2) is 5.69 Å². The van der Waals surface area contributed by atoms with Crippen LogP contribution in [0.2, 0.25) is 0 Å². The average molecular weight is 294 g/mol. The molecule has 0 saturated heterocycles. The van der Waals surface area contributed by atoms with Gasteiger partial charge < -0.3 is 5.11 Å². The number of hydrogen-bond donors (Lipinski definition) is 1. The van der Waals surface area contributed by atoms with Crippen LogP contribution in [-0.4, -0.2) is 20.9 Å². The van der Waals surface area contributed by atoms with Gasteiger partial charge in [0.2, 0.25) is 0 Å². The standard InChI is InChI=1S/C8H11IN2O2/c1-3-5(2)11-7(8(12)13)6(9)4-10-11/h4-5H,3H2,1-2H3,(H,12,13). The van der Waals surface area contributed by atoms with Crippen LogP contribution in [0.4, 0.5) is 0 Å². The number of aromatic nitrogens is 2. The predicted octanol–water partition coefficient (Wildman–Crippen LogP) is 2.16. The molecule has 0 aliphatic carbocycles. The number of carboxylic acid groups (broad SMARTS) is 1. The Kier molecular flexibility index (Phi) is 3.29. The molecular formula is C8H11IN2O2. The van der Waals surface area contributed by atoms with Gasteiger partial charge in [0.25, 0.3) is 0 Å². The number of carbonyl (C=O) groups is 1. The first-order valence-corrected chi connectivity index (χ1v) is 5.12. The molecule has 0 amide bonds. The fraction of sp³-hybridized carbons (Fsp3) is 0.500. The summed E-state index contributed by atoms with van der Waals surface area (Å²) in [6, 6.07) is 0.134. The molecule has 1 N–H and O–H groups in total. The molecule has 1 heterocycles. The number of nitrogens with zero attached hydrogens (tertiary/aromatic N) is 2. The Morgan fingerprint density at radius 2 is 2.46 bits per heavy atom. The molecule has 0 spiro atoms. The second kappa shape index (κ2) is 4.08. The van der Waals surface area contributed by atoms with E-state index in [4.69, 9.17) is 5.11 Å². The maximum Gasteiger partial charge on any atom is 0.355 e. The van der Waals surface area contributed by atoms with Crippen LogP contribution in [-0.2, 0) is 0 Å². The smallest absolute Gasteiger partial charge is 0.355 e. The molecule has 72 valence electrons. The molecule has 1 rings (SSSR count). The third-order valence-corrected chi connectivity index (χ3v) is 2.75. The Labute approximate surface area is 90.1 Å². The first-order valence-electron chi connectivity index (χ1n) is 4.04. The number of rotatable bonds is 3. The van der Waals surface area contributed by atoms with Crippen molar-refractivity contribution >= 4 is 28.6 Å². The monoisotopic (exact) mass is 294 g/mol. The van der Waals surface area contributed by atoms with Crippen LogP contribution in [0.25, 0.3) is 0 Å². The fourth-order valence-electron chi connectivity index (χ4n) is 1.05. The summed E-state index contributed by atoms with van der Waals surface area (Å²) in [5, 5.41) is 13.0. The van der Waals surface area contributed by atoms with Gasteiger partial charge >= 0.3 is 5.97 Å². The van der Waals surface area contributed by atoms with Gasteiger partial charge in [-0.15, -0.1) is 0 Å². The van der Waals surface area contributed by atoms with Gasteiger partial charge in [-0.3, -0.25) is 4.68 Å². The van der Waals surface area contributed by atoms with E-state index in [-0.39, 0.29) is 11.7 Å². The van der Waals surface area contributed by atoms with Gasteiger partial charge in [-0.05, 0) is 35.9 Å². The molecule has 0 aromatic carbocycles. The topological polar surface area (TPSA) is 55.1 Å². The lowest BCUT2D eigenvalue weighted by atomic mass is 10.2. The first-order chi connectivity index (χ1) is 6.07. The zero-order valence-electron chi connectivity index (χ0n) is 7.49. The van der Waals surface area contributed by atoms with E-state index in [1.807, 2.05) is 36.4 Å². The lowest BCUT2D eigenvalue weighted by Crippen LogP contribution is -2.14. The summed E-state index contributed by atoms with van der Waals surface area (Å²) >= 11 is 1.98. The lowest BCUT2D eigenvalue weighted by Gasteiger charge is -2.11. The largest absolute Gasteiger partial charge is 0.476 e. The summed E-state index contributed by atoms with van der Waals surface area (Å²) in [5.41, 5.74) is 0.287. The normalized spacial score (nSPS) is 12.8. The van der Waals surface area contributed by atoms with Crippen LogP contribution in [0.15, 0.2) is 6.20 Å². The molecule has 0 aliphatic heterocycles.